The molecule has 5 amide bonds. The van der Waals surface area contributed by atoms with E-state index in [9.17, 15) is 37.5 Å². The van der Waals surface area contributed by atoms with Crippen LogP contribution in [0.2, 0.25) is 20.1 Å². The van der Waals surface area contributed by atoms with Gasteiger partial charge in [-0.05, 0) is 88.7 Å². The summed E-state index contributed by atoms with van der Waals surface area (Å²) in [5.41, 5.74) is 20.5. The first-order chi connectivity index (χ1) is 44.4. The van der Waals surface area contributed by atoms with Gasteiger partial charge >= 0.3 is 187 Å². The maximum absolute atomic E-state index is 14.2. The number of aromatic nitrogens is 4. The van der Waals surface area contributed by atoms with Gasteiger partial charge in [0.2, 0.25) is 0 Å². The molecule has 0 aliphatic carbocycles. The number of nitrogens with zero attached hydrogens (tertiary/aromatic N) is 10. The third-order valence-electron chi connectivity index (χ3n) is 15.2. The molecule has 7 aromatic rings. The van der Waals surface area contributed by atoms with E-state index >= 15 is 0 Å². The van der Waals surface area contributed by atoms with Crippen LogP contribution in [0.5, 0.6) is 11.5 Å². The Hall–Kier alpha value is -8.89. The van der Waals surface area contributed by atoms with Crippen LogP contribution in [0.4, 0.5) is 37.5 Å². The quantitative estimate of drug-likeness (QED) is 0.0363. The minimum Gasteiger partial charge on any atom is -0.482 e. The average Bonchev–Trinajstić information content (AvgIpc) is 0.825. The van der Waals surface area contributed by atoms with Crippen molar-refractivity contribution in [3.63, 3.8) is 0 Å². The van der Waals surface area contributed by atoms with Crippen molar-refractivity contribution in [2.75, 3.05) is 128 Å². The molecule has 3 aliphatic heterocycles. The molecule has 0 spiro atoms. The number of nitrogens with one attached hydrogen (secondary N) is 2. The van der Waals surface area contributed by atoms with Gasteiger partial charge in [-0.15, -0.1) is 10.2 Å². The van der Waals surface area contributed by atoms with Crippen molar-refractivity contribution >= 4 is 112 Å². The summed E-state index contributed by atoms with van der Waals surface area (Å²) in [6.45, 7) is 14.6. The standard InChI is InChI=1S/C26H24BCl2FN6O4.C25H25Cl2FN6O3.C12H17N3O.CH4/c1-14(27-39)23(21-17(28)7-8-18(30)22(21)29)40-20-13-19(33-34-24(20)31)25(37)32-16-5-3-15(4-6-16)26(38)36-11-9-35(2)10-12-36;1-14(21-17(26)7-8-18(28)22(21)27)37-20-13-19(31-32-23(20)29)24(35)30-16-5-3-15(4-6-16)25(36)34-11-9-33(2)10-12-34;1-14-6-8-15(9-7-14)12(16)10-2-4-11(13)5-3-10;/h3-8,13,23H,1,9-12H2,2H3,(H2,31,34)(H,32,37);3-8,13-14H,9-12H2,1-2H3,(H2,29,32)(H,30,35);2-5H,6-9,13H2,1H3;1H4/t;14-;;/m.0../s1. The van der Waals surface area contributed by atoms with E-state index in [-0.39, 0.29) is 96.4 Å². The van der Waals surface area contributed by atoms with E-state index in [0.717, 1.165) is 70.1 Å². The summed E-state index contributed by atoms with van der Waals surface area (Å²) >= 11 is 24.6. The van der Waals surface area contributed by atoms with Crippen LogP contribution in [0.3, 0.4) is 0 Å². The van der Waals surface area contributed by atoms with Crippen molar-refractivity contribution in [2.24, 2.45) is 0 Å². The average molecular weight is 1370 g/mol. The Labute approximate surface area is 563 Å². The fraction of sp³-hybridized carbons (Fsp3) is 0.297. The molecule has 0 bridgehead atoms. The SMILES string of the molecule is C.C=C(B=O)C(Oc1cc(C(=O)Nc2ccc(C(=O)N3CCN(C)CC3)cc2)nnc1N)c1c(Cl)ccc(F)c1Cl.CN1CCN(C(=O)c2ccc(N)cc2)CC1.C[C@H](Oc1cc(C(=O)Nc2ccc(C(=O)N3CCN(C)CC3)cc2)nnc1N)c1c(Cl)ccc(F)c1Cl. The first-order valence-corrected chi connectivity index (χ1v) is 30.5. The van der Waals surface area contributed by atoms with E-state index in [2.05, 4.69) is 59.4 Å². The molecule has 1 unspecified atom stereocenters. The topological polar surface area (TPSA) is 294 Å². The molecular formula is C64H70BCl4F2N15O8. The maximum Gasteiger partial charge on any atom is 0.276 e. The van der Waals surface area contributed by atoms with Crippen molar-refractivity contribution in [1.82, 2.24) is 49.8 Å². The largest absolute Gasteiger partial charge is 0.482 e. The number of carbonyl (C=O) groups is 5. The third-order valence-corrected chi connectivity index (χ3v) is 16.6. The number of nitrogen functional groups attached to an aromatic ring is 3. The second-order valence-corrected chi connectivity index (χ2v) is 23.5. The van der Waals surface area contributed by atoms with Crippen molar-refractivity contribution in [2.45, 2.75) is 26.6 Å². The Morgan fingerprint density at radius 2 is 0.862 bits per heavy atom. The van der Waals surface area contributed by atoms with Crippen LogP contribution in [0, 0.1) is 11.6 Å². The first kappa shape index (κ1) is 72.5. The fourth-order valence-electron chi connectivity index (χ4n) is 9.62. The summed E-state index contributed by atoms with van der Waals surface area (Å²) in [6, 6.07) is 27.5. The van der Waals surface area contributed by atoms with Crippen LogP contribution < -0.4 is 37.3 Å². The molecule has 10 rings (SSSR count). The molecule has 23 nitrogen and oxygen atoms in total. The van der Waals surface area contributed by atoms with Crippen LogP contribution in [-0.2, 0) is 4.70 Å². The summed E-state index contributed by atoms with van der Waals surface area (Å²) in [7, 11) is 6.51. The van der Waals surface area contributed by atoms with Crippen LogP contribution in [0.1, 0.15) is 89.7 Å². The molecule has 494 valence electrons. The Kier molecular flexibility index (Phi) is 25.7. The van der Waals surface area contributed by atoms with E-state index in [0.29, 0.717) is 61.5 Å². The van der Waals surface area contributed by atoms with Gasteiger partial charge in [0, 0.05) is 118 Å². The maximum atomic E-state index is 14.2. The van der Waals surface area contributed by atoms with Gasteiger partial charge in [-0.2, -0.15) is 0 Å². The Balaban J connectivity index is 0.000000214. The van der Waals surface area contributed by atoms with Gasteiger partial charge in [-0.25, -0.2) is 4.39 Å². The van der Waals surface area contributed by atoms with Crippen LogP contribution in [0.25, 0.3) is 0 Å². The molecular weight excluding hydrogens is 1300 g/mol. The van der Waals surface area contributed by atoms with Crippen molar-refractivity contribution in [3.05, 3.63) is 192 Å². The molecule has 3 fully saturated rings. The molecule has 0 radical (unpaired) electrons. The van der Waals surface area contributed by atoms with Gasteiger partial charge in [-0.3, -0.25) is 19.2 Å². The van der Waals surface area contributed by atoms with Crippen molar-refractivity contribution in [1.29, 1.82) is 0 Å². The summed E-state index contributed by atoms with van der Waals surface area (Å²) in [5, 5.41) is 20.3. The predicted octanol–water partition coefficient (Wildman–Crippen LogP) is 9.41. The second-order valence-electron chi connectivity index (χ2n) is 21.9. The minimum atomic E-state index is -1.33. The number of amides is 5. The fourth-order valence-corrected chi connectivity index (χ4v) is 10.9. The number of rotatable bonds is 15. The van der Waals surface area contributed by atoms with Crippen molar-refractivity contribution < 1.29 is 46.9 Å². The zero-order chi connectivity index (χ0) is 67.2. The zero-order valence-corrected chi connectivity index (χ0v) is 54.1. The number of carbonyl (C=O) groups excluding carboxylic acids is 5. The number of anilines is 5. The number of benzene rings is 5. The van der Waals surface area contributed by atoms with Gasteiger partial charge in [0.15, 0.2) is 17.3 Å². The summed E-state index contributed by atoms with van der Waals surface area (Å²) in [6.07, 6.45) is -2.13. The monoisotopic (exact) mass is 1370 g/mol. The molecule has 5 aromatic carbocycles. The molecule has 8 N–H and O–H groups in total. The number of hydrogen-bond acceptors (Lipinski definition) is 18. The van der Waals surface area contributed by atoms with E-state index in [1.807, 2.05) is 23.9 Å². The summed E-state index contributed by atoms with van der Waals surface area (Å²) in [5.74, 6) is -3.04. The van der Waals surface area contributed by atoms with E-state index in [4.69, 9.17) is 73.1 Å². The molecule has 2 aromatic heterocycles. The van der Waals surface area contributed by atoms with Crippen LogP contribution in [-0.4, -0.2) is 186 Å². The zero-order valence-electron chi connectivity index (χ0n) is 51.1. The van der Waals surface area contributed by atoms with Gasteiger partial charge in [0.25, 0.3) is 23.6 Å². The molecule has 0 saturated carbocycles. The molecule has 3 aliphatic rings. The number of nitrogens with two attached hydrogens (primary N) is 3. The summed E-state index contributed by atoms with van der Waals surface area (Å²) in [4.78, 5) is 75.3. The number of halogens is 6. The number of ether oxygens (including phenoxy) is 2. The van der Waals surface area contributed by atoms with E-state index in [1.165, 1.54) is 24.3 Å². The Morgan fingerprint density at radius 3 is 1.23 bits per heavy atom. The van der Waals surface area contributed by atoms with Crippen LogP contribution >= 0.6 is 46.4 Å². The molecule has 3 saturated heterocycles. The van der Waals surface area contributed by atoms with Crippen molar-refractivity contribution in [3.8, 4) is 11.5 Å². The number of likely N-dealkylation sites (N-methyl/N-ethyl adjacent to an activating group) is 3. The Morgan fingerprint density at radius 1 is 0.521 bits per heavy atom. The van der Waals surface area contributed by atoms with E-state index < -0.39 is 35.7 Å². The molecule has 30 heteroatoms. The summed E-state index contributed by atoms with van der Waals surface area (Å²) < 4.78 is 51.3. The number of piperazine rings is 3. The minimum absolute atomic E-state index is 0. The van der Waals surface area contributed by atoms with Crippen LogP contribution in [0.15, 0.2) is 121 Å². The smallest absolute Gasteiger partial charge is 0.276 e. The second kappa shape index (κ2) is 33.3. The molecule has 5 heterocycles. The third kappa shape index (κ3) is 18.7. The van der Waals surface area contributed by atoms with E-state index in [1.54, 1.807) is 84.6 Å². The molecule has 94 heavy (non-hydrogen) atoms. The normalized spacial score (nSPS) is 14.9. The van der Waals surface area contributed by atoms with Gasteiger partial charge in [0.05, 0.1) is 5.02 Å². The predicted molar refractivity (Wildman–Crippen MR) is 360 cm³/mol. The number of hydrogen-bond donors (Lipinski definition) is 5. The van der Waals surface area contributed by atoms with Gasteiger partial charge in [0.1, 0.15) is 11.9 Å². The van der Waals surface area contributed by atoms with Gasteiger partial charge in [-0.1, -0.05) is 30.6 Å². The van der Waals surface area contributed by atoms with Gasteiger partial charge < -0.3 is 50.9 Å². The molecule has 2 atom stereocenters. The Bertz CT molecular complexity index is 3880. The first-order valence-electron chi connectivity index (χ1n) is 29.0.